The predicted octanol–water partition coefficient (Wildman–Crippen LogP) is 1.60. The minimum atomic E-state index is -0.959. The number of hydrogen-bond donors (Lipinski definition) is 1. The van der Waals surface area contributed by atoms with Crippen LogP contribution in [0.25, 0.3) is 0 Å². The van der Waals surface area contributed by atoms with E-state index >= 15 is 0 Å². The molecule has 4 heteroatoms. The van der Waals surface area contributed by atoms with Crippen molar-refractivity contribution in [2.24, 2.45) is 0 Å². The van der Waals surface area contributed by atoms with E-state index in [0.29, 0.717) is 24.2 Å². The van der Waals surface area contributed by atoms with Gasteiger partial charge in [0.25, 0.3) is 0 Å². The summed E-state index contributed by atoms with van der Waals surface area (Å²) in [4.78, 5) is 12.1. The van der Waals surface area contributed by atoms with Gasteiger partial charge < -0.3 is 5.11 Å². The molecule has 0 bridgehead atoms. The van der Waals surface area contributed by atoms with Crippen molar-refractivity contribution < 1.29 is 9.90 Å². The topological polar surface area (TPSA) is 64.3 Å². The summed E-state index contributed by atoms with van der Waals surface area (Å²) in [6, 6.07) is 7.22. The van der Waals surface area contributed by atoms with Crippen LogP contribution in [0.1, 0.15) is 11.1 Å². The number of carboxylic acid groups (broad SMARTS) is 1. The summed E-state index contributed by atoms with van der Waals surface area (Å²) in [7, 11) is 0. The van der Waals surface area contributed by atoms with Gasteiger partial charge in [-0.25, -0.2) is 4.79 Å². The van der Waals surface area contributed by atoms with Crippen LogP contribution in [0.3, 0.4) is 0 Å². The first-order valence-electron chi connectivity index (χ1n) is 4.26. The molecule has 1 amide bonds. The van der Waals surface area contributed by atoms with Crippen LogP contribution in [0.5, 0.6) is 0 Å². The van der Waals surface area contributed by atoms with Crippen LogP contribution in [0.4, 0.5) is 10.5 Å². The zero-order chi connectivity index (χ0) is 10.1. The van der Waals surface area contributed by atoms with Gasteiger partial charge in [0.2, 0.25) is 0 Å². The molecule has 1 aliphatic rings. The highest BCUT2D eigenvalue weighted by Gasteiger charge is 2.25. The minimum Gasteiger partial charge on any atom is -0.465 e. The molecule has 0 unspecified atom stereocenters. The lowest BCUT2D eigenvalue weighted by atomic mass is 10.1. The Hall–Kier alpha value is -2.02. The second kappa shape index (κ2) is 3.04. The smallest absolute Gasteiger partial charge is 0.411 e. The van der Waals surface area contributed by atoms with Crippen molar-refractivity contribution in [2.45, 2.75) is 6.42 Å². The van der Waals surface area contributed by atoms with E-state index in [4.69, 9.17) is 10.4 Å². The number of fused-ring (bicyclic) bond motifs is 1. The molecule has 4 nitrogen and oxygen atoms in total. The molecule has 0 atom stereocenters. The second-order valence-electron chi connectivity index (χ2n) is 3.10. The van der Waals surface area contributed by atoms with Gasteiger partial charge in [-0.15, -0.1) is 0 Å². The molecule has 1 heterocycles. The third kappa shape index (κ3) is 1.11. The number of benzene rings is 1. The van der Waals surface area contributed by atoms with Gasteiger partial charge in [0.1, 0.15) is 0 Å². The van der Waals surface area contributed by atoms with E-state index in [9.17, 15) is 4.79 Å². The number of rotatable bonds is 0. The summed E-state index contributed by atoms with van der Waals surface area (Å²) in [6.07, 6.45) is -0.329. The number of nitrogens with zero attached hydrogens (tertiary/aromatic N) is 2. The maximum absolute atomic E-state index is 10.8. The predicted molar refractivity (Wildman–Crippen MR) is 50.2 cm³/mol. The number of amides is 1. The van der Waals surface area contributed by atoms with Crippen LogP contribution in [0.15, 0.2) is 18.2 Å². The Labute approximate surface area is 81.0 Å². The van der Waals surface area contributed by atoms with Crippen molar-refractivity contribution in [1.82, 2.24) is 0 Å². The summed E-state index contributed by atoms with van der Waals surface area (Å²) < 4.78 is 0. The van der Waals surface area contributed by atoms with Crippen LogP contribution in [0.2, 0.25) is 0 Å². The van der Waals surface area contributed by atoms with E-state index in [2.05, 4.69) is 6.07 Å². The van der Waals surface area contributed by atoms with E-state index < -0.39 is 6.09 Å². The van der Waals surface area contributed by atoms with Crippen LogP contribution < -0.4 is 4.90 Å². The number of anilines is 1. The standard InChI is InChI=1S/C10H8N2O2/c11-6-7-2-1-3-9-8(7)4-5-12(9)10(13)14/h1-3H,4-5H2,(H,13,14). The van der Waals surface area contributed by atoms with E-state index in [-0.39, 0.29) is 0 Å². The maximum Gasteiger partial charge on any atom is 0.411 e. The zero-order valence-electron chi connectivity index (χ0n) is 7.40. The Kier molecular flexibility index (Phi) is 1.86. The van der Waals surface area contributed by atoms with E-state index in [1.807, 2.05) is 0 Å². The molecular formula is C10H8N2O2. The number of carbonyl (C=O) groups is 1. The molecule has 0 aliphatic carbocycles. The third-order valence-electron chi connectivity index (χ3n) is 2.38. The lowest BCUT2D eigenvalue weighted by Crippen LogP contribution is -2.26. The van der Waals surface area contributed by atoms with Gasteiger partial charge >= 0.3 is 6.09 Å². The van der Waals surface area contributed by atoms with Gasteiger partial charge in [-0.3, -0.25) is 4.90 Å². The van der Waals surface area contributed by atoms with Crippen LogP contribution in [-0.4, -0.2) is 17.7 Å². The minimum absolute atomic E-state index is 0.448. The summed E-state index contributed by atoms with van der Waals surface area (Å²) in [5, 5.41) is 17.7. The van der Waals surface area contributed by atoms with Gasteiger partial charge in [0, 0.05) is 6.54 Å². The van der Waals surface area contributed by atoms with Gasteiger partial charge in [-0.2, -0.15) is 5.26 Å². The molecule has 0 spiro atoms. The van der Waals surface area contributed by atoms with Crippen molar-refractivity contribution in [2.75, 3.05) is 11.4 Å². The van der Waals surface area contributed by atoms with Crippen molar-refractivity contribution in [1.29, 1.82) is 5.26 Å². The SMILES string of the molecule is N#Cc1cccc2c1CCN2C(=O)O. The first-order valence-corrected chi connectivity index (χ1v) is 4.26. The summed E-state index contributed by atoms with van der Waals surface area (Å²) in [5.74, 6) is 0. The molecule has 0 aromatic heterocycles. The Morgan fingerprint density at radius 1 is 1.57 bits per heavy atom. The second-order valence-corrected chi connectivity index (χ2v) is 3.10. The lowest BCUT2D eigenvalue weighted by Gasteiger charge is -2.11. The van der Waals surface area contributed by atoms with Crippen LogP contribution in [-0.2, 0) is 6.42 Å². The van der Waals surface area contributed by atoms with E-state index in [0.717, 1.165) is 5.56 Å². The molecule has 1 aliphatic heterocycles. The number of nitriles is 1. The molecule has 0 saturated carbocycles. The van der Waals surface area contributed by atoms with Crippen molar-refractivity contribution >= 4 is 11.8 Å². The quantitative estimate of drug-likeness (QED) is 0.672. The fourth-order valence-corrected chi connectivity index (χ4v) is 1.74. The zero-order valence-corrected chi connectivity index (χ0v) is 7.40. The molecule has 14 heavy (non-hydrogen) atoms. The molecule has 0 saturated heterocycles. The summed E-state index contributed by atoms with van der Waals surface area (Å²) in [5.41, 5.74) is 2.07. The Morgan fingerprint density at radius 2 is 2.36 bits per heavy atom. The largest absolute Gasteiger partial charge is 0.465 e. The molecule has 0 fully saturated rings. The fraction of sp³-hybridized carbons (Fsp3) is 0.200. The molecule has 2 rings (SSSR count). The summed E-state index contributed by atoms with van der Waals surface area (Å²) >= 11 is 0. The Balaban J connectivity index is 2.53. The summed E-state index contributed by atoms with van der Waals surface area (Å²) in [6.45, 7) is 0.448. The molecule has 1 N–H and O–H groups in total. The lowest BCUT2D eigenvalue weighted by molar-refractivity contribution is 0.202. The third-order valence-corrected chi connectivity index (χ3v) is 2.38. The van der Waals surface area contributed by atoms with Crippen LogP contribution in [0, 0.1) is 11.3 Å². The van der Waals surface area contributed by atoms with Crippen molar-refractivity contribution in [3.63, 3.8) is 0 Å². The Bertz CT molecular complexity index is 434. The average Bonchev–Trinajstić information content (AvgIpc) is 2.60. The molecule has 0 radical (unpaired) electrons. The highest BCUT2D eigenvalue weighted by Crippen LogP contribution is 2.30. The monoisotopic (exact) mass is 188 g/mol. The van der Waals surface area contributed by atoms with E-state index in [1.54, 1.807) is 18.2 Å². The van der Waals surface area contributed by atoms with Gasteiger partial charge in [0.15, 0.2) is 0 Å². The van der Waals surface area contributed by atoms with E-state index in [1.165, 1.54) is 4.90 Å². The fourth-order valence-electron chi connectivity index (χ4n) is 1.74. The van der Waals surface area contributed by atoms with Gasteiger partial charge in [-0.05, 0) is 24.1 Å². The van der Waals surface area contributed by atoms with Crippen LogP contribution >= 0.6 is 0 Å². The first-order chi connectivity index (χ1) is 6.74. The number of hydrogen-bond acceptors (Lipinski definition) is 2. The highest BCUT2D eigenvalue weighted by molar-refractivity contribution is 5.89. The first kappa shape index (κ1) is 8.57. The van der Waals surface area contributed by atoms with Gasteiger partial charge in [-0.1, -0.05) is 6.07 Å². The maximum atomic E-state index is 10.8. The van der Waals surface area contributed by atoms with Crippen molar-refractivity contribution in [3.05, 3.63) is 29.3 Å². The Morgan fingerprint density at radius 3 is 3.00 bits per heavy atom. The van der Waals surface area contributed by atoms with Gasteiger partial charge in [0.05, 0.1) is 17.3 Å². The van der Waals surface area contributed by atoms with Crippen molar-refractivity contribution in [3.8, 4) is 6.07 Å². The molecule has 1 aromatic rings. The molecular weight excluding hydrogens is 180 g/mol. The average molecular weight is 188 g/mol. The highest BCUT2D eigenvalue weighted by atomic mass is 16.4. The molecule has 1 aromatic carbocycles. The molecule has 70 valence electrons. The normalized spacial score (nSPS) is 13.5.